The number of fused-ring (bicyclic) bond motifs is 3. The molecule has 1 aliphatic carbocycles. The van der Waals surface area contributed by atoms with Crippen molar-refractivity contribution in [2.75, 3.05) is 23.4 Å². The number of nitrogens with one attached hydrogen (secondary N) is 1. The van der Waals surface area contributed by atoms with Crippen molar-refractivity contribution < 1.29 is 14.3 Å². The molecule has 0 aliphatic heterocycles. The number of carbonyl (C=O) groups is 2. The summed E-state index contributed by atoms with van der Waals surface area (Å²) in [5.74, 6) is 0.856. The number of ether oxygens (including phenoxy) is 1. The Hall–Kier alpha value is -2.65. The van der Waals surface area contributed by atoms with Gasteiger partial charge in [0.1, 0.15) is 10.6 Å². The van der Waals surface area contributed by atoms with E-state index in [9.17, 15) is 9.59 Å². The van der Waals surface area contributed by atoms with Gasteiger partial charge in [0.15, 0.2) is 5.16 Å². The second-order valence-electron chi connectivity index (χ2n) is 7.58. The van der Waals surface area contributed by atoms with Crippen LogP contribution in [0.15, 0.2) is 29.4 Å². The van der Waals surface area contributed by atoms with Crippen LogP contribution >= 0.6 is 23.1 Å². The summed E-state index contributed by atoms with van der Waals surface area (Å²) in [5, 5.41) is 4.56. The Kier molecular flexibility index (Phi) is 7.26. The quantitative estimate of drug-likeness (QED) is 0.210. The van der Waals surface area contributed by atoms with Gasteiger partial charge in [0.2, 0.25) is 5.91 Å². The van der Waals surface area contributed by atoms with Crippen molar-refractivity contribution in [1.82, 2.24) is 9.97 Å². The molecule has 0 atom stereocenters. The number of aromatic nitrogens is 2. The van der Waals surface area contributed by atoms with Crippen LogP contribution in [0.25, 0.3) is 10.2 Å². The summed E-state index contributed by atoms with van der Waals surface area (Å²) in [6.45, 7) is 2.09. The molecule has 7 nitrogen and oxygen atoms in total. The Labute approximate surface area is 195 Å². The van der Waals surface area contributed by atoms with Crippen molar-refractivity contribution in [1.29, 1.82) is 0 Å². The van der Waals surface area contributed by atoms with E-state index in [1.165, 1.54) is 35.0 Å². The lowest BCUT2D eigenvalue weighted by atomic mass is 9.97. The van der Waals surface area contributed by atoms with Gasteiger partial charge in [0, 0.05) is 22.7 Å². The minimum Gasteiger partial charge on any atom is -0.462 e. The molecule has 0 saturated heterocycles. The monoisotopic (exact) mass is 470 g/mol. The fraction of sp³-hybridized carbons (Fsp3) is 0.391. The van der Waals surface area contributed by atoms with E-state index in [-0.39, 0.29) is 11.9 Å². The van der Waals surface area contributed by atoms with Crippen molar-refractivity contribution in [3.63, 3.8) is 0 Å². The number of benzene rings is 1. The molecule has 3 aromatic rings. The number of hydrogen-bond donors (Lipinski definition) is 2. The van der Waals surface area contributed by atoms with Crippen molar-refractivity contribution in [3.05, 3.63) is 40.3 Å². The number of carbonyl (C=O) groups excluding carboxylic acids is 2. The lowest BCUT2D eigenvalue weighted by Gasteiger charge is -2.10. The van der Waals surface area contributed by atoms with Crippen molar-refractivity contribution in [3.8, 4) is 0 Å². The molecular weight excluding hydrogens is 444 g/mol. The van der Waals surface area contributed by atoms with Gasteiger partial charge >= 0.3 is 5.97 Å². The first kappa shape index (κ1) is 22.5. The fourth-order valence-electron chi connectivity index (χ4n) is 3.75. The number of hydrogen-bond acceptors (Lipinski definition) is 8. The maximum Gasteiger partial charge on any atom is 0.338 e. The van der Waals surface area contributed by atoms with Crippen molar-refractivity contribution in [2.45, 2.75) is 50.6 Å². The van der Waals surface area contributed by atoms with Gasteiger partial charge in [-0.25, -0.2) is 14.8 Å². The molecule has 0 radical (unpaired) electrons. The molecule has 1 aliphatic rings. The van der Waals surface area contributed by atoms with E-state index in [0.717, 1.165) is 28.8 Å². The van der Waals surface area contributed by atoms with Crippen LogP contribution in [-0.4, -0.2) is 34.2 Å². The van der Waals surface area contributed by atoms with Gasteiger partial charge in [-0.3, -0.25) is 4.79 Å². The summed E-state index contributed by atoms with van der Waals surface area (Å²) in [6, 6.07) is 6.68. The number of nitrogens with zero attached hydrogens (tertiary/aromatic N) is 2. The van der Waals surface area contributed by atoms with Gasteiger partial charge < -0.3 is 15.8 Å². The molecule has 0 unspecified atom stereocenters. The molecule has 3 N–H and O–H groups in total. The Morgan fingerprint density at radius 2 is 1.97 bits per heavy atom. The minimum absolute atomic E-state index is 0.0729. The molecule has 0 fully saturated rings. The lowest BCUT2D eigenvalue weighted by Crippen LogP contribution is -2.12. The Bertz CT molecular complexity index is 1130. The predicted molar refractivity (Wildman–Crippen MR) is 129 cm³/mol. The zero-order valence-electron chi connectivity index (χ0n) is 18.0. The fourth-order valence-corrected chi connectivity index (χ4v) is 5.87. The molecule has 1 aromatic carbocycles. The first-order valence-corrected chi connectivity index (χ1v) is 12.6. The standard InChI is InChI=1S/C23H26N4O3S2/c1-2-30-22(29)14-9-11-15(12-10-14)25-18(28)8-5-13-31-23-26-20(24)19-16-6-3-4-7-17(16)32-21(19)27-23/h9-12H,2-8,13H2,1H3,(H,25,28)(H2,24,26,27). The number of thioether (sulfide) groups is 1. The first-order valence-electron chi connectivity index (χ1n) is 10.8. The molecule has 4 rings (SSSR count). The highest BCUT2D eigenvalue weighted by atomic mass is 32.2. The van der Waals surface area contributed by atoms with E-state index < -0.39 is 0 Å². The summed E-state index contributed by atoms with van der Waals surface area (Å²) < 4.78 is 4.96. The van der Waals surface area contributed by atoms with E-state index >= 15 is 0 Å². The normalized spacial score (nSPS) is 13.0. The van der Waals surface area contributed by atoms with Crippen LogP contribution in [0.5, 0.6) is 0 Å². The van der Waals surface area contributed by atoms with E-state index in [2.05, 4.69) is 10.3 Å². The molecule has 0 saturated carbocycles. The second-order valence-corrected chi connectivity index (χ2v) is 9.73. The summed E-state index contributed by atoms with van der Waals surface area (Å²) in [7, 11) is 0. The van der Waals surface area contributed by atoms with E-state index in [4.69, 9.17) is 15.5 Å². The van der Waals surface area contributed by atoms with Crippen LogP contribution in [0.3, 0.4) is 0 Å². The molecule has 2 heterocycles. The summed E-state index contributed by atoms with van der Waals surface area (Å²) >= 11 is 3.27. The minimum atomic E-state index is -0.369. The van der Waals surface area contributed by atoms with Crippen LogP contribution in [0.2, 0.25) is 0 Å². The van der Waals surface area contributed by atoms with E-state index in [1.807, 2.05) is 0 Å². The van der Waals surface area contributed by atoms with Crippen LogP contribution in [0, 0.1) is 0 Å². The average Bonchev–Trinajstić information content (AvgIpc) is 3.16. The number of aryl methyl sites for hydroxylation is 2. The Morgan fingerprint density at radius 3 is 2.75 bits per heavy atom. The SMILES string of the molecule is CCOC(=O)c1ccc(NC(=O)CCCSc2nc(N)c3c4c(sc3n2)CCCC4)cc1. The van der Waals surface area contributed by atoms with Crippen molar-refractivity contribution >= 4 is 56.7 Å². The van der Waals surface area contributed by atoms with Gasteiger partial charge in [-0.15, -0.1) is 11.3 Å². The third-order valence-electron chi connectivity index (χ3n) is 5.28. The topological polar surface area (TPSA) is 107 Å². The van der Waals surface area contributed by atoms with Crippen molar-refractivity contribution in [2.24, 2.45) is 0 Å². The molecular formula is C23H26N4O3S2. The molecule has 168 valence electrons. The summed E-state index contributed by atoms with van der Waals surface area (Å²) in [6.07, 6.45) is 5.69. The maximum absolute atomic E-state index is 12.2. The molecule has 1 amide bonds. The third-order valence-corrected chi connectivity index (χ3v) is 7.40. The molecule has 0 bridgehead atoms. The Balaban J connectivity index is 1.26. The number of thiophene rings is 1. The number of nitrogens with two attached hydrogens (primary N) is 1. The van der Waals surface area contributed by atoms with Gasteiger partial charge in [-0.2, -0.15) is 0 Å². The van der Waals surface area contributed by atoms with E-state index in [0.29, 0.717) is 41.7 Å². The Morgan fingerprint density at radius 1 is 1.19 bits per heavy atom. The van der Waals surface area contributed by atoms with Gasteiger partial charge in [0.05, 0.1) is 17.6 Å². The summed E-state index contributed by atoms with van der Waals surface area (Å²) in [5.41, 5.74) is 8.72. The molecule has 32 heavy (non-hydrogen) atoms. The predicted octanol–water partition coefficient (Wildman–Crippen LogP) is 4.84. The number of nitrogen functional groups attached to an aromatic ring is 1. The highest BCUT2D eigenvalue weighted by Crippen LogP contribution is 2.38. The van der Waals surface area contributed by atoms with Crippen LogP contribution in [0.1, 0.15) is 53.4 Å². The van der Waals surface area contributed by atoms with E-state index in [1.54, 1.807) is 42.5 Å². The molecule has 9 heteroatoms. The van der Waals surface area contributed by atoms with Gasteiger partial charge in [-0.1, -0.05) is 11.8 Å². The van der Waals surface area contributed by atoms with Crippen LogP contribution < -0.4 is 11.1 Å². The largest absolute Gasteiger partial charge is 0.462 e. The number of anilines is 2. The van der Waals surface area contributed by atoms with Crippen LogP contribution in [0.4, 0.5) is 11.5 Å². The number of amides is 1. The summed E-state index contributed by atoms with van der Waals surface area (Å²) in [4.78, 5) is 35.5. The zero-order valence-corrected chi connectivity index (χ0v) is 19.6. The number of esters is 1. The molecule has 0 spiro atoms. The highest BCUT2D eigenvalue weighted by molar-refractivity contribution is 7.99. The first-order chi connectivity index (χ1) is 15.5. The zero-order chi connectivity index (χ0) is 22.5. The second kappa shape index (κ2) is 10.3. The molecule has 2 aromatic heterocycles. The number of rotatable bonds is 8. The lowest BCUT2D eigenvalue weighted by molar-refractivity contribution is -0.116. The third kappa shape index (κ3) is 5.21. The smallest absolute Gasteiger partial charge is 0.338 e. The maximum atomic E-state index is 12.2. The van der Waals surface area contributed by atoms with Gasteiger partial charge in [-0.05, 0) is 68.9 Å². The highest BCUT2D eigenvalue weighted by Gasteiger charge is 2.20. The van der Waals surface area contributed by atoms with Crippen LogP contribution in [-0.2, 0) is 22.4 Å². The average molecular weight is 471 g/mol. The van der Waals surface area contributed by atoms with Gasteiger partial charge in [0.25, 0.3) is 0 Å².